The highest BCUT2D eigenvalue weighted by Crippen LogP contribution is 2.39. The summed E-state index contributed by atoms with van der Waals surface area (Å²) < 4.78 is 11.0. The molecule has 0 saturated carbocycles. The number of nitrogens with zero attached hydrogens (tertiary/aromatic N) is 2. The van der Waals surface area contributed by atoms with Gasteiger partial charge in [-0.25, -0.2) is 0 Å². The maximum absolute atomic E-state index is 6.19. The molecule has 0 bridgehead atoms. The zero-order chi connectivity index (χ0) is 31.5. The van der Waals surface area contributed by atoms with Gasteiger partial charge in [0, 0.05) is 43.7 Å². The molecule has 10 aromatic rings. The van der Waals surface area contributed by atoms with Gasteiger partial charge in [0.05, 0.1) is 22.1 Å². The second kappa shape index (κ2) is 10.8. The fourth-order valence-corrected chi connectivity index (χ4v) is 7.33. The third-order valence-corrected chi connectivity index (χ3v) is 9.29. The Balaban J connectivity index is 0.00000149. The minimum absolute atomic E-state index is 0.904. The Bertz CT molecular complexity index is 2530. The minimum Gasteiger partial charge on any atom is -0.456 e. The Kier molecular flexibility index (Phi) is 6.26. The molecule has 224 valence electrons. The lowest BCUT2D eigenvalue weighted by molar-refractivity contribution is 0.669. The normalized spacial score (nSPS) is 11.6. The Morgan fingerprint density at radius 3 is 1.23 bits per heavy atom. The molecule has 10 rings (SSSR count). The molecular formula is C44H32N2O. The molecule has 3 nitrogen and oxygen atoms in total. The number of rotatable bonds is 3. The van der Waals surface area contributed by atoms with E-state index in [1.54, 1.807) is 0 Å². The highest BCUT2D eigenvalue weighted by molar-refractivity contribution is 6.11. The van der Waals surface area contributed by atoms with Crippen molar-refractivity contribution in [2.45, 2.75) is 13.8 Å². The Labute approximate surface area is 272 Å². The van der Waals surface area contributed by atoms with Gasteiger partial charge in [-0.2, -0.15) is 0 Å². The molecule has 3 heteroatoms. The minimum atomic E-state index is 0.904. The van der Waals surface area contributed by atoms with E-state index in [-0.39, 0.29) is 0 Å². The molecule has 0 aliphatic carbocycles. The zero-order valence-corrected chi connectivity index (χ0v) is 26.3. The highest BCUT2D eigenvalue weighted by Gasteiger charge is 2.17. The van der Waals surface area contributed by atoms with E-state index in [1.165, 1.54) is 43.6 Å². The van der Waals surface area contributed by atoms with Crippen molar-refractivity contribution in [2.75, 3.05) is 0 Å². The van der Waals surface area contributed by atoms with E-state index in [0.29, 0.717) is 0 Å². The van der Waals surface area contributed by atoms with Gasteiger partial charge >= 0.3 is 0 Å². The van der Waals surface area contributed by atoms with E-state index in [4.69, 9.17) is 4.42 Å². The molecule has 3 heterocycles. The number of para-hydroxylation sites is 5. The second-order valence-electron chi connectivity index (χ2n) is 11.8. The summed E-state index contributed by atoms with van der Waals surface area (Å²) in [5.74, 6) is 0. The van der Waals surface area contributed by atoms with Gasteiger partial charge in [-0.3, -0.25) is 0 Å². The fraction of sp³-hybridized carbons (Fsp3) is 0.0455. The summed E-state index contributed by atoms with van der Waals surface area (Å²) in [7, 11) is 0. The molecule has 0 amide bonds. The SMILES string of the molecule is CC.c1ccc2c(c1)oc1ccc(-c3cc(-n4c5ccccc5c5ccccc54)cc(-n4c5ccccc5c5ccccc54)c3)cc12. The van der Waals surface area contributed by atoms with Gasteiger partial charge in [0.2, 0.25) is 0 Å². The average molecular weight is 605 g/mol. The van der Waals surface area contributed by atoms with Gasteiger partial charge in [-0.05, 0) is 71.8 Å². The van der Waals surface area contributed by atoms with E-state index in [9.17, 15) is 0 Å². The molecule has 0 N–H and O–H groups in total. The summed E-state index contributed by atoms with van der Waals surface area (Å²) in [6, 6.07) is 56.7. The molecule has 3 aromatic heterocycles. The lowest BCUT2D eigenvalue weighted by Crippen LogP contribution is -2.00. The summed E-state index contributed by atoms with van der Waals surface area (Å²) in [6.45, 7) is 4.00. The molecule has 0 fully saturated rings. The van der Waals surface area contributed by atoms with Crippen molar-refractivity contribution in [1.82, 2.24) is 9.13 Å². The summed E-state index contributed by atoms with van der Waals surface area (Å²) >= 11 is 0. The van der Waals surface area contributed by atoms with Gasteiger partial charge in [-0.1, -0.05) is 111 Å². The van der Waals surface area contributed by atoms with Gasteiger partial charge in [0.15, 0.2) is 0 Å². The quantitative estimate of drug-likeness (QED) is 0.197. The van der Waals surface area contributed by atoms with E-state index >= 15 is 0 Å². The average Bonchev–Trinajstić information content (AvgIpc) is 3.80. The van der Waals surface area contributed by atoms with E-state index in [1.807, 2.05) is 26.0 Å². The largest absolute Gasteiger partial charge is 0.456 e. The molecule has 7 aromatic carbocycles. The van der Waals surface area contributed by atoms with Crippen molar-refractivity contribution >= 4 is 65.6 Å². The van der Waals surface area contributed by atoms with Crippen molar-refractivity contribution in [3.05, 3.63) is 158 Å². The Morgan fingerprint density at radius 2 is 0.745 bits per heavy atom. The van der Waals surface area contributed by atoms with Crippen LogP contribution in [0.2, 0.25) is 0 Å². The maximum Gasteiger partial charge on any atom is 0.135 e. The van der Waals surface area contributed by atoms with Crippen LogP contribution in [0.3, 0.4) is 0 Å². The van der Waals surface area contributed by atoms with Gasteiger partial charge in [-0.15, -0.1) is 0 Å². The number of furan rings is 1. The first-order chi connectivity index (χ1) is 23.3. The summed E-state index contributed by atoms with van der Waals surface area (Å²) in [5.41, 5.74) is 11.1. The summed E-state index contributed by atoms with van der Waals surface area (Å²) in [6.07, 6.45) is 0. The highest BCUT2D eigenvalue weighted by atomic mass is 16.3. The van der Waals surface area contributed by atoms with Gasteiger partial charge < -0.3 is 13.6 Å². The zero-order valence-electron chi connectivity index (χ0n) is 26.3. The number of benzene rings is 7. The lowest BCUT2D eigenvalue weighted by atomic mass is 10.0. The van der Waals surface area contributed by atoms with Crippen LogP contribution < -0.4 is 0 Å². The third-order valence-electron chi connectivity index (χ3n) is 9.29. The predicted octanol–water partition coefficient (Wildman–Crippen LogP) is 12.5. The first kappa shape index (κ1) is 27.3. The van der Waals surface area contributed by atoms with Crippen molar-refractivity contribution in [2.24, 2.45) is 0 Å². The smallest absolute Gasteiger partial charge is 0.135 e. The maximum atomic E-state index is 6.19. The van der Waals surface area contributed by atoms with Gasteiger partial charge in [0.25, 0.3) is 0 Å². The molecule has 0 aliphatic heterocycles. The molecule has 0 radical (unpaired) electrons. The van der Waals surface area contributed by atoms with Crippen LogP contribution in [0, 0.1) is 0 Å². The summed E-state index contributed by atoms with van der Waals surface area (Å²) in [4.78, 5) is 0. The van der Waals surface area contributed by atoms with E-state index < -0.39 is 0 Å². The van der Waals surface area contributed by atoms with Crippen molar-refractivity contribution in [3.8, 4) is 22.5 Å². The fourth-order valence-electron chi connectivity index (χ4n) is 7.33. The van der Waals surface area contributed by atoms with Crippen LogP contribution in [0.5, 0.6) is 0 Å². The second-order valence-corrected chi connectivity index (χ2v) is 11.8. The van der Waals surface area contributed by atoms with Crippen molar-refractivity contribution < 1.29 is 4.42 Å². The van der Waals surface area contributed by atoms with Crippen molar-refractivity contribution in [1.29, 1.82) is 0 Å². The van der Waals surface area contributed by atoms with Crippen LogP contribution in [0.15, 0.2) is 162 Å². The standard InChI is InChI=1S/C42H26N2O.C2H6/c1-6-16-37-31(11-1)32-12-2-7-17-38(32)43(37)29-23-28(27-21-22-42-36(25-27)35-15-5-10-20-41(35)45-42)24-30(26-29)44-39-18-8-3-13-33(39)34-14-4-9-19-40(34)44;1-2/h1-26H;1-2H3. The molecule has 47 heavy (non-hydrogen) atoms. The Morgan fingerprint density at radius 1 is 0.340 bits per heavy atom. The number of hydrogen-bond acceptors (Lipinski definition) is 1. The van der Waals surface area contributed by atoms with E-state index in [2.05, 4.69) is 155 Å². The number of aromatic nitrogens is 2. The van der Waals surface area contributed by atoms with Crippen LogP contribution in [0.25, 0.3) is 88.1 Å². The third kappa shape index (κ3) is 4.13. The predicted molar refractivity (Wildman–Crippen MR) is 199 cm³/mol. The van der Waals surface area contributed by atoms with Crippen LogP contribution in [0.1, 0.15) is 13.8 Å². The molecular weight excluding hydrogens is 572 g/mol. The molecule has 0 spiro atoms. The van der Waals surface area contributed by atoms with Crippen LogP contribution in [-0.2, 0) is 0 Å². The Hall–Kier alpha value is -6.06. The topological polar surface area (TPSA) is 23.0 Å². The monoisotopic (exact) mass is 604 g/mol. The van der Waals surface area contributed by atoms with Crippen LogP contribution >= 0.6 is 0 Å². The van der Waals surface area contributed by atoms with Gasteiger partial charge in [0.1, 0.15) is 11.2 Å². The first-order valence-electron chi connectivity index (χ1n) is 16.4. The van der Waals surface area contributed by atoms with Crippen LogP contribution in [-0.4, -0.2) is 9.13 Å². The summed E-state index contributed by atoms with van der Waals surface area (Å²) in [5, 5.41) is 7.28. The number of fused-ring (bicyclic) bond motifs is 9. The molecule has 0 unspecified atom stereocenters. The van der Waals surface area contributed by atoms with Crippen LogP contribution in [0.4, 0.5) is 0 Å². The number of hydrogen-bond donors (Lipinski definition) is 0. The molecule has 0 aliphatic rings. The van der Waals surface area contributed by atoms with E-state index in [0.717, 1.165) is 44.4 Å². The van der Waals surface area contributed by atoms with Crippen molar-refractivity contribution in [3.63, 3.8) is 0 Å². The lowest BCUT2D eigenvalue weighted by Gasteiger charge is -2.16. The molecule has 0 saturated heterocycles. The molecule has 0 atom stereocenters. The first-order valence-corrected chi connectivity index (χ1v) is 16.4.